The van der Waals surface area contributed by atoms with Crippen molar-refractivity contribution in [2.75, 3.05) is 11.9 Å². The van der Waals surface area contributed by atoms with E-state index in [-0.39, 0.29) is 0 Å². The average Bonchev–Trinajstić information content (AvgIpc) is 2.84. The van der Waals surface area contributed by atoms with E-state index in [4.69, 9.17) is 18.0 Å². The van der Waals surface area contributed by atoms with Crippen LogP contribution in [0.2, 0.25) is 0 Å². The summed E-state index contributed by atoms with van der Waals surface area (Å²) in [6.45, 7) is 7.59. The first-order chi connectivity index (χ1) is 9.92. The highest BCUT2D eigenvalue weighted by Crippen LogP contribution is 2.43. The third kappa shape index (κ3) is 4.16. The van der Waals surface area contributed by atoms with Gasteiger partial charge in [-0.2, -0.15) is 0 Å². The van der Waals surface area contributed by atoms with Crippen LogP contribution in [0.4, 0.5) is 5.82 Å². The fraction of sp³-hybridized carbons (Fsp3) is 0.647. The van der Waals surface area contributed by atoms with Crippen LogP contribution in [0.1, 0.15) is 57.2 Å². The van der Waals surface area contributed by atoms with Crippen molar-refractivity contribution in [1.82, 2.24) is 4.98 Å². The first-order valence-electron chi connectivity index (χ1n) is 7.93. The van der Waals surface area contributed by atoms with Crippen molar-refractivity contribution in [2.24, 2.45) is 17.1 Å². The van der Waals surface area contributed by atoms with Crippen LogP contribution in [0.25, 0.3) is 0 Å². The molecule has 0 aliphatic heterocycles. The maximum Gasteiger partial charge on any atom is 0.136 e. The second-order valence-corrected chi connectivity index (χ2v) is 7.31. The number of hydrogen-bond donors (Lipinski definition) is 2. The van der Waals surface area contributed by atoms with E-state index in [2.05, 4.69) is 24.1 Å². The molecular weight excluding hydrogens is 278 g/mol. The summed E-state index contributed by atoms with van der Waals surface area (Å²) in [5, 5.41) is 3.54. The molecule has 3 N–H and O–H groups in total. The van der Waals surface area contributed by atoms with Crippen LogP contribution in [-0.2, 0) is 0 Å². The molecule has 1 heterocycles. The number of aryl methyl sites for hydroxylation is 1. The minimum absolute atomic E-state index is 0.410. The Balaban J connectivity index is 2.14. The van der Waals surface area contributed by atoms with Gasteiger partial charge in [0.15, 0.2) is 0 Å². The zero-order valence-corrected chi connectivity index (χ0v) is 14.2. The molecule has 0 saturated heterocycles. The molecule has 1 aliphatic rings. The average molecular weight is 305 g/mol. The van der Waals surface area contributed by atoms with Gasteiger partial charge in [0.25, 0.3) is 0 Å². The molecule has 3 nitrogen and oxygen atoms in total. The van der Waals surface area contributed by atoms with Crippen LogP contribution in [0, 0.1) is 18.3 Å². The van der Waals surface area contributed by atoms with Crippen molar-refractivity contribution in [3.63, 3.8) is 0 Å². The molecule has 0 aromatic carbocycles. The molecule has 0 bridgehead atoms. The molecule has 1 aromatic rings. The number of nitrogens with zero attached hydrogens (tertiary/aromatic N) is 1. The van der Waals surface area contributed by atoms with E-state index in [9.17, 15) is 0 Å². The summed E-state index contributed by atoms with van der Waals surface area (Å²) in [5.74, 6) is 1.57. The van der Waals surface area contributed by atoms with E-state index in [1.54, 1.807) is 0 Å². The Labute approximate surface area is 133 Å². The molecule has 0 unspecified atom stereocenters. The number of nitrogens with two attached hydrogens (primary N) is 1. The maximum atomic E-state index is 5.81. The summed E-state index contributed by atoms with van der Waals surface area (Å²) in [6, 6.07) is 3.93. The van der Waals surface area contributed by atoms with Crippen molar-refractivity contribution in [3.8, 4) is 0 Å². The first-order valence-corrected chi connectivity index (χ1v) is 8.34. The van der Waals surface area contributed by atoms with Gasteiger partial charge >= 0.3 is 0 Å². The highest BCUT2D eigenvalue weighted by atomic mass is 32.1. The molecule has 1 aromatic heterocycles. The Hall–Kier alpha value is -1.16. The van der Waals surface area contributed by atoms with Crippen molar-refractivity contribution in [3.05, 3.63) is 23.4 Å². The third-order valence-corrected chi connectivity index (χ3v) is 4.66. The zero-order valence-electron chi connectivity index (χ0n) is 13.4. The number of anilines is 1. The van der Waals surface area contributed by atoms with E-state index in [0.29, 0.717) is 10.4 Å². The standard InChI is InChI=1S/C17H27N3S/c1-12(2)10-17(8-4-5-9-17)11-19-16-14(15(18)21)7-6-13(3)20-16/h6-7,12H,4-5,8-11H2,1-3H3,(H2,18,21)(H,19,20). The Morgan fingerprint density at radius 2 is 2.05 bits per heavy atom. The fourth-order valence-corrected chi connectivity index (χ4v) is 3.77. The lowest BCUT2D eigenvalue weighted by molar-refractivity contribution is 0.252. The molecule has 1 aliphatic carbocycles. The molecule has 0 spiro atoms. The largest absolute Gasteiger partial charge is 0.389 e. The first kappa shape index (κ1) is 16.2. The maximum absolute atomic E-state index is 5.81. The zero-order chi connectivity index (χ0) is 15.5. The number of hydrogen-bond acceptors (Lipinski definition) is 3. The van der Waals surface area contributed by atoms with Gasteiger partial charge in [-0.3, -0.25) is 0 Å². The van der Waals surface area contributed by atoms with Gasteiger partial charge in [-0.25, -0.2) is 4.98 Å². The second-order valence-electron chi connectivity index (χ2n) is 6.87. The summed E-state index contributed by atoms with van der Waals surface area (Å²) < 4.78 is 0. The van der Waals surface area contributed by atoms with Gasteiger partial charge in [0.05, 0.1) is 5.56 Å². The van der Waals surface area contributed by atoms with Crippen molar-refractivity contribution >= 4 is 23.0 Å². The Kier molecular flexibility index (Phi) is 5.20. The van der Waals surface area contributed by atoms with Crippen LogP contribution in [0.5, 0.6) is 0 Å². The molecular formula is C17H27N3S. The third-order valence-electron chi connectivity index (χ3n) is 4.44. The summed E-state index contributed by atoms with van der Waals surface area (Å²) in [7, 11) is 0. The van der Waals surface area contributed by atoms with E-state index < -0.39 is 0 Å². The normalized spacial score (nSPS) is 17.1. The number of rotatable bonds is 6. The second kappa shape index (κ2) is 6.73. The molecule has 0 atom stereocenters. The summed E-state index contributed by atoms with van der Waals surface area (Å²) in [5.41, 5.74) is 8.07. The van der Waals surface area contributed by atoms with Crippen molar-refractivity contribution < 1.29 is 0 Å². The van der Waals surface area contributed by atoms with Gasteiger partial charge in [0.1, 0.15) is 10.8 Å². The summed E-state index contributed by atoms with van der Waals surface area (Å²) in [6.07, 6.45) is 6.59. The van der Waals surface area contributed by atoms with Crippen molar-refractivity contribution in [1.29, 1.82) is 0 Å². The van der Waals surface area contributed by atoms with Gasteiger partial charge in [-0.1, -0.05) is 38.9 Å². The molecule has 0 amide bonds. The lowest BCUT2D eigenvalue weighted by Crippen LogP contribution is -2.29. The van der Waals surface area contributed by atoms with Crippen LogP contribution < -0.4 is 11.1 Å². The fourth-order valence-electron chi connectivity index (χ4n) is 3.61. The topological polar surface area (TPSA) is 50.9 Å². The molecule has 1 fully saturated rings. The quantitative estimate of drug-likeness (QED) is 0.779. The smallest absolute Gasteiger partial charge is 0.136 e. The summed E-state index contributed by atoms with van der Waals surface area (Å²) >= 11 is 5.14. The predicted molar refractivity (Wildman–Crippen MR) is 93.7 cm³/mol. The lowest BCUT2D eigenvalue weighted by Gasteiger charge is -2.31. The van der Waals surface area contributed by atoms with Gasteiger partial charge < -0.3 is 11.1 Å². The number of pyridine rings is 1. The molecule has 0 radical (unpaired) electrons. The van der Waals surface area contributed by atoms with Crippen LogP contribution in [0.15, 0.2) is 12.1 Å². The minimum Gasteiger partial charge on any atom is -0.389 e. The Morgan fingerprint density at radius 3 is 2.62 bits per heavy atom. The number of thiocarbonyl (C=S) groups is 1. The predicted octanol–water partition coefficient (Wildman–Crippen LogP) is 4.04. The molecule has 116 valence electrons. The molecule has 2 rings (SSSR count). The van der Waals surface area contributed by atoms with Gasteiger partial charge in [-0.15, -0.1) is 0 Å². The monoisotopic (exact) mass is 305 g/mol. The van der Waals surface area contributed by atoms with E-state index >= 15 is 0 Å². The summed E-state index contributed by atoms with van der Waals surface area (Å²) in [4.78, 5) is 5.00. The number of nitrogens with one attached hydrogen (secondary N) is 1. The van der Waals surface area contributed by atoms with Crippen LogP contribution >= 0.6 is 12.2 Å². The Morgan fingerprint density at radius 1 is 1.38 bits per heavy atom. The molecule has 1 saturated carbocycles. The molecule has 4 heteroatoms. The SMILES string of the molecule is Cc1ccc(C(N)=S)c(NCC2(CC(C)C)CCCC2)n1. The lowest BCUT2D eigenvalue weighted by atomic mass is 9.78. The van der Waals surface area contributed by atoms with Crippen LogP contribution in [0.3, 0.4) is 0 Å². The minimum atomic E-state index is 0.410. The van der Waals surface area contributed by atoms with Gasteiger partial charge in [0.2, 0.25) is 0 Å². The van der Waals surface area contributed by atoms with Gasteiger partial charge in [0, 0.05) is 12.2 Å². The number of aromatic nitrogens is 1. The van der Waals surface area contributed by atoms with Crippen molar-refractivity contribution in [2.45, 2.75) is 52.9 Å². The highest BCUT2D eigenvalue weighted by Gasteiger charge is 2.34. The van der Waals surface area contributed by atoms with E-state index in [0.717, 1.165) is 29.5 Å². The molecule has 21 heavy (non-hydrogen) atoms. The van der Waals surface area contributed by atoms with E-state index in [1.807, 2.05) is 19.1 Å². The van der Waals surface area contributed by atoms with E-state index in [1.165, 1.54) is 32.1 Å². The van der Waals surface area contributed by atoms with Crippen LogP contribution in [-0.4, -0.2) is 16.5 Å². The Bertz CT molecular complexity index is 505. The highest BCUT2D eigenvalue weighted by molar-refractivity contribution is 7.80. The van der Waals surface area contributed by atoms with Gasteiger partial charge in [-0.05, 0) is 49.7 Å².